The topological polar surface area (TPSA) is 70.1 Å². The SMILES string of the molecule is COc1ccc(CN2CCN(C(=O)[C@@H]3CCC[C@H](O)C3)CC2=O)cc1. The van der Waals surface area contributed by atoms with Gasteiger partial charge >= 0.3 is 0 Å². The van der Waals surface area contributed by atoms with Crippen molar-refractivity contribution in [2.45, 2.75) is 38.3 Å². The Morgan fingerprint density at radius 1 is 1.24 bits per heavy atom. The van der Waals surface area contributed by atoms with Gasteiger partial charge in [0, 0.05) is 25.6 Å². The second kappa shape index (κ2) is 7.87. The summed E-state index contributed by atoms with van der Waals surface area (Å²) in [7, 11) is 1.63. The molecule has 1 aromatic carbocycles. The largest absolute Gasteiger partial charge is 0.497 e. The maximum Gasteiger partial charge on any atom is 0.242 e. The minimum Gasteiger partial charge on any atom is -0.497 e. The van der Waals surface area contributed by atoms with Gasteiger partial charge in [-0.15, -0.1) is 0 Å². The molecule has 3 rings (SSSR count). The molecule has 0 bridgehead atoms. The molecule has 6 heteroatoms. The van der Waals surface area contributed by atoms with Crippen LogP contribution >= 0.6 is 0 Å². The number of amides is 2. The Morgan fingerprint density at radius 3 is 2.64 bits per heavy atom. The molecular formula is C19H26N2O4. The molecule has 2 fully saturated rings. The molecule has 25 heavy (non-hydrogen) atoms. The van der Waals surface area contributed by atoms with E-state index in [1.807, 2.05) is 24.3 Å². The Kier molecular flexibility index (Phi) is 5.58. The number of piperazine rings is 1. The summed E-state index contributed by atoms with van der Waals surface area (Å²) in [6.45, 7) is 1.80. The fourth-order valence-electron chi connectivity index (χ4n) is 3.66. The third kappa shape index (κ3) is 4.31. The van der Waals surface area contributed by atoms with Crippen LogP contribution in [0.25, 0.3) is 0 Å². The predicted molar refractivity (Wildman–Crippen MR) is 93.0 cm³/mol. The molecule has 2 amide bonds. The lowest BCUT2D eigenvalue weighted by atomic mass is 9.86. The molecule has 0 aromatic heterocycles. The number of nitrogens with zero attached hydrogens (tertiary/aromatic N) is 2. The first-order chi connectivity index (χ1) is 12.1. The number of hydrogen-bond donors (Lipinski definition) is 1. The van der Waals surface area contributed by atoms with Crippen molar-refractivity contribution in [3.63, 3.8) is 0 Å². The van der Waals surface area contributed by atoms with Gasteiger partial charge in [0.25, 0.3) is 0 Å². The van der Waals surface area contributed by atoms with Gasteiger partial charge in [0.05, 0.1) is 19.8 Å². The zero-order valence-corrected chi connectivity index (χ0v) is 14.7. The number of aliphatic hydroxyl groups excluding tert-OH is 1. The molecule has 1 saturated heterocycles. The minimum atomic E-state index is -0.380. The Labute approximate surface area is 148 Å². The van der Waals surface area contributed by atoms with Crippen molar-refractivity contribution in [2.75, 3.05) is 26.7 Å². The number of hydrogen-bond acceptors (Lipinski definition) is 4. The zero-order valence-electron chi connectivity index (χ0n) is 14.7. The van der Waals surface area contributed by atoms with Crippen LogP contribution in [-0.2, 0) is 16.1 Å². The van der Waals surface area contributed by atoms with E-state index in [0.717, 1.165) is 30.6 Å². The molecule has 2 atom stereocenters. The summed E-state index contributed by atoms with van der Waals surface area (Å²) in [5, 5.41) is 9.77. The molecule has 6 nitrogen and oxygen atoms in total. The van der Waals surface area contributed by atoms with Crippen LogP contribution in [0.3, 0.4) is 0 Å². The van der Waals surface area contributed by atoms with E-state index in [0.29, 0.717) is 26.1 Å². The standard InChI is InChI=1S/C19H26N2O4/c1-25-17-7-5-14(6-8-17)12-20-9-10-21(13-18(20)23)19(24)15-3-2-4-16(22)11-15/h5-8,15-16,22H,2-4,9-13H2,1H3/t15-,16+/m1/s1. The van der Waals surface area contributed by atoms with Crippen LogP contribution in [0, 0.1) is 5.92 Å². The molecule has 0 radical (unpaired) electrons. The monoisotopic (exact) mass is 346 g/mol. The summed E-state index contributed by atoms with van der Waals surface area (Å²) in [5.74, 6) is 0.660. The Hall–Kier alpha value is -2.08. The van der Waals surface area contributed by atoms with Crippen molar-refractivity contribution in [2.24, 2.45) is 5.92 Å². The number of benzene rings is 1. The fourth-order valence-corrected chi connectivity index (χ4v) is 3.66. The third-order valence-corrected chi connectivity index (χ3v) is 5.16. The van der Waals surface area contributed by atoms with Crippen molar-refractivity contribution in [3.05, 3.63) is 29.8 Å². The van der Waals surface area contributed by atoms with Crippen LogP contribution in [-0.4, -0.2) is 59.6 Å². The zero-order chi connectivity index (χ0) is 17.8. The second-order valence-electron chi connectivity index (χ2n) is 6.94. The smallest absolute Gasteiger partial charge is 0.242 e. The van der Waals surface area contributed by atoms with Crippen molar-refractivity contribution < 1.29 is 19.4 Å². The van der Waals surface area contributed by atoms with Gasteiger partial charge in [-0.3, -0.25) is 9.59 Å². The molecule has 1 heterocycles. The van der Waals surface area contributed by atoms with Crippen molar-refractivity contribution in [1.82, 2.24) is 9.80 Å². The lowest BCUT2D eigenvalue weighted by molar-refractivity contribution is -0.149. The summed E-state index contributed by atoms with van der Waals surface area (Å²) < 4.78 is 5.14. The molecule has 1 N–H and O–H groups in total. The van der Waals surface area contributed by atoms with E-state index in [1.54, 1.807) is 16.9 Å². The van der Waals surface area contributed by atoms with Gasteiger partial charge in [-0.1, -0.05) is 18.6 Å². The predicted octanol–water partition coefficient (Wildman–Crippen LogP) is 1.42. The van der Waals surface area contributed by atoms with Crippen LogP contribution in [0.5, 0.6) is 5.75 Å². The van der Waals surface area contributed by atoms with E-state index in [2.05, 4.69) is 0 Å². The van der Waals surface area contributed by atoms with E-state index in [1.165, 1.54) is 0 Å². The minimum absolute atomic E-state index is 0.0215. The van der Waals surface area contributed by atoms with Gasteiger partial charge < -0.3 is 19.6 Å². The highest BCUT2D eigenvalue weighted by Gasteiger charge is 2.33. The molecule has 136 valence electrons. The average Bonchev–Trinajstić information content (AvgIpc) is 2.63. The van der Waals surface area contributed by atoms with Gasteiger partial charge in [-0.25, -0.2) is 0 Å². The molecule has 1 aromatic rings. The van der Waals surface area contributed by atoms with Gasteiger partial charge in [-0.05, 0) is 37.0 Å². The highest BCUT2D eigenvalue weighted by Crippen LogP contribution is 2.26. The van der Waals surface area contributed by atoms with Gasteiger partial charge in [0.1, 0.15) is 5.75 Å². The number of ether oxygens (including phenoxy) is 1. The summed E-state index contributed by atoms with van der Waals surface area (Å²) in [6, 6.07) is 7.67. The molecule has 2 aliphatic rings. The Balaban J connectivity index is 1.54. The molecule has 1 saturated carbocycles. The van der Waals surface area contributed by atoms with Crippen LogP contribution in [0.1, 0.15) is 31.2 Å². The first-order valence-electron chi connectivity index (χ1n) is 8.94. The first-order valence-corrected chi connectivity index (χ1v) is 8.94. The summed E-state index contributed by atoms with van der Waals surface area (Å²) in [5.41, 5.74) is 1.05. The lowest BCUT2D eigenvalue weighted by Gasteiger charge is -2.37. The lowest BCUT2D eigenvalue weighted by Crippen LogP contribution is -2.53. The van der Waals surface area contributed by atoms with Crippen LogP contribution < -0.4 is 4.74 Å². The molecule has 0 spiro atoms. The van der Waals surface area contributed by atoms with E-state index in [4.69, 9.17) is 4.74 Å². The number of aliphatic hydroxyl groups is 1. The average molecular weight is 346 g/mol. The highest BCUT2D eigenvalue weighted by atomic mass is 16.5. The van der Waals surface area contributed by atoms with Crippen molar-refractivity contribution in [1.29, 1.82) is 0 Å². The van der Waals surface area contributed by atoms with Crippen LogP contribution in [0.4, 0.5) is 0 Å². The third-order valence-electron chi connectivity index (χ3n) is 5.16. The van der Waals surface area contributed by atoms with Gasteiger partial charge in [0.2, 0.25) is 11.8 Å². The Bertz CT molecular complexity index is 616. The van der Waals surface area contributed by atoms with E-state index in [-0.39, 0.29) is 30.4 Å². The number of carbonyl (C=O) groups excluding carboxylic acids is 2. The fraction of sp³-hybridized carbons (Fsp3) is 0.579. The van der Waals surface area contributed by atoms with Crippen LogP contribution in [0.2, 0.25) is 0 Å². The molecule has 0 unspecified atom stereocenters. The van der Waals surface area contributed by atoms with Crippen molar-refractivity contribution >= 4 is 11.8 Å². The first kappa shape index (κ1) is 17.7. The highest BCUT2D eigenvalue weighted by molar-refractivity contribution is 5.87. The van der Waals surface area contributed by atoms with E-state index >= 15 is 0 Å². The van der Waals surface area contributed by atoms with Crippen molar-refractivity contribution in [3.8, 4) is 5.75 Å². The number of rotatable bonds is 4. The van der Waals surface area contributed by atoms with Gasteiger partial charge in [0.15, 0.2) is 0 Å². The summed E-state index contributed by atoms with van der Waals surface area (Å²) >= 11 is 0. The van der Waals surface area contributed by atoms with Crippen LogP contribution in [0.15, 0.2) is 24.3 Å². The molecule has 1 aliphatic carbocycles. The normalized spacial score (nSPS) is 24.3. The number of carbonyl (C=O) groups is 2. The maximum absolute atomic E-state index is 12.6. The maximum atomic E-state index is 12.6. The van der Waals surface area contributed by atoms with Gasteiger partial charge in [-0.2, -0.15) is 0 Å². The molecular weight excluding hydrogens is 320 g/mol. The number of methoxy groups -OCH3 is 1. The molecule has 1 aliphatic heterocycles. The Morgan fingerprint density at radius 2 is 2.00 bits per heavy atom. The van der Waals surface area contributed by atoms with E-state index in [9.17, 15) is 14.7 Å². The summed E-state index contributed by atoms with van der Waals surface area (Å²) in [6.07, 6.45) is 2.62. The van der Waals surface area contributed by atoms with E-state index < -0.39 is 0 Å². The quantitative estimate of drug-likeness (QED) is 0.895. The summed E-state index contributed by atoms with van der Waals surface area (Å²) in [4.78, 5) is 28.5. The second-order valence-corrected chi connectivity index (χ2v) is 6.94.